The number of carbonyl (C=O) groups is 3. The highest BCUT2D eigenvalue weighted by atomic mass is 19.4. The second-order valence-electron chi connectivity index (χ2n) is 8.77. The van der Waals surface area contributed by atoms with E-state index >= 15 is 0 Å². The fraction of sp³-hybridized carbons (Fsp3) is 0.571. The van der Waals surface area contributed by atoms with E-state index in [0.29, 0.717) is 19.3 Å². The highest BCUT2D eigenvalue weighted by Crippen LogP contribution is 2.67. The van der Waals surface area contributed by atoms with Gasteiger partial charge in [0.1, 0.15) is 6.61 Å². The van der Waals surface area contributed by atoms with Gasteiger partial charge in [-0.15, -0.1) is 13.2 Å². The maximum Gasteiger partial charge on any atom is 0.522 e. The summed E-state index contributed by atoms with van der Waals surface area (Å²) in [5.41, 5.74) is -0.0918. The summed E-state index contributed by atoms with van der Waals surface area (Å²) in [5, 5.41) is 5.35. The lowest BCUT2D eigenvalue weighted by Crippen LogP contribution is -2.77. The number of hydrogen-bond acceptors (Lipinski definition) is 5. The number of Topliss-reactive ketones (excluding diaryl/α,β-unsaturated/α-hetero) is 1. The van der Waals surface area contributed by atoms with Crippen molar-refractivity contribution in [1.82, 2.24) is 10.6 Å². The molecule has 31 heavy (non-hydrogen) atoms. The van der Waals surface area contributed by atoms with Gasteiger partial charge in [0.2, 0.25) is 5.91 Å². The van der Waals surface area contributed by atoms with E-state index in [1.807, 2.05) is 30.3 Å². The Hall–Kier alpha value is -2.62. The Morgan fingerprint density at radius 1 is 1.06 bits per heavy atom. The highest BCUT2D eigenvalue weighted by Gasteiger charge is 2.71. The Balaban J connectivity index is 1.13. The molecule has 1 aromatic carbocycles. The van der Waals surface area contributed by atoms with Crippen molar-refractivity contribution in [3.05, 3.63) is 35.9 Å². The van der Waals surface area contributed by atoms with E-state index in [9.17, 15) is 27.6 Å². The average molecular weight is 440 g/mol. The van der Waals surface area contributed by atoms with Crippen LogP contribution in [0.1, 0.15) is 37.7 Å². The molecule has 4 saturated carbocycles. The predicted octanol–water partition coefficient (Wildman–Crippen LogP) is 2.84. The van der Waals surface area contributed by atoms with Gasteiger partial charge in [0.25, 0.3) is 0 Å². The summed E-state index contributed by atoms with van der Waals surface area (Å²) >= 11 is 0. The first-order valence-corrected chi connectivity index (χ1v) is 10.1. The number of amides is 2. The van der Waals surface area contributed by atoms with Gasteiger partial charge in [-0.05, 0) is 37.7 Å². The molecule has 0 spiro atoms. The number of nitrogens with one attached hydrogen (secondary N) is 2. The largest absolute Gasteiger partial charge is 0.522 e. The molecule has 7 nitrogen and oxygen atoms in total. The van der Waals surface area contributed by atoms with E-state index in [1.165, 1.54) is 0 Å². The number of ketones is 1. The first-order valence-electron chi connectivity index (χ1n) is 10.1. The third kappa shape index (κ3) is 4.68. The minimum absolute atomic E-state index is 0.0111. The van der Waals surface area contributed by atoms with E-state index in [0.717, 1.165) is 5.56 Å². The van der Waals surface area contributed by atoms with Crippen LogP contribution in [-0.2, 0) is 25.7 Å². The van der Waals surface area contributed by atoms with Crippen LogP contribution in [0.3, 0.4) is 0 Å². The Labute approximate surface area is 176 Å². The molecule has 0 radical (unpaired) electrons. The zero-order valence-corrected chi connectivity index (χ0v) is 16.7. The van der Waals surface area contributed by atoms with Gasteiger partial charge in [0.15, 0.2) is 5.78 Å². The number of carbonyl (C=O) groups excluding carboxylic acids is 3. The molecule has 0 aliphatic heterocycles. The Kier molecular flexibility index (Phi) is 5.45. The molecule has 1 aromatic rings. The van der Waals surface area contributed by atoms with Gasteiger partial charge in [-0.3, -0.25) is 14.3 Å². The number of benzene rings is 1. The minimum Gasteiger partial charge on any atom is -0.445 e. The molecule has 0 aromatic heterocycles. The van der Waals surface area contributed by atoms with Gasteiger partial charge < -0.3 is 15.4 Å². The molecular weight excluding hydrogens is 417 g/mol. The number of alkyl halides is 3. The molecule has 0 heterocycles. The molecule has 4 aliphatic carbocycles. The standard InChI is InChI=1S/C21H23F3N2O5/c22-21(23,24)31-15-6-14(7-15)17(28)25-8-16(27)19-10-20(11-19,12-19)26-18(29)30-9-13-4-2-1-3-5-13/h1-5,14-15H,6-12H2,(H,25,28)(H,26,29). The van der Waals surface area contributed by atoms with E-state index in [2.05, 4.69) is 15.4 Å². The smallest absolute Gasteiger partial charge is 0.445 e. The molecule has 0 saturated heterocycles. The van der Waals surface area contributed by atoms with Crippen molar-refractivity contribution in [2.24, 2.45) is 11.3 Å². The lowest BCUT2D eigenvalue weighted by molar-refractivity contribution is -0.353. The van der Waals surface area contributed by atoms with Crippen LogP contribution in [0.15, 0.2) is 30.3 Å². The van der Waals surface area contributed by atoms with E-state index in [1.54, 1.807) is 0 Å². The first kappa shape index (κ1) is 21.6. The second kappa shape index (κ2) is 7.81. The summed E-state index contributed by atoms with van der Waals surface area (Å²) < 4.78 is 45.4. The summed E-state index contributed by atoms with van der Waals surface area (Å²) in [5.74, 6) is -1.12. The Morgan fingerprint density at radius 2 is 1.71 bits per heavy atom. The van der Waals surface area contributed by atoms with Crippen molar-refractivity contribution in [1.29, 1.82) is 0 Å². The van der Waals surface area contributed by atoms with Gasteiger partial charge in [-0.2, -0.15) is 0 Å². The molecule has 2 bridgehead atoms. The van der Waals surface area contributed by atoms with Crippen molar-refractivity contribution in [3.63, 3.8) is 0 Å². The molecule has 2 N–H and O–H groups in total. The SMILES string of the molecule is O=C(NC12CC(C(=O)CNC(=O)C3CC(OC(F)(F)F)C3)(C1)C2)OCc1ccccc1. The Bertz CT molecular complexity index is 848. The summed E-state index contributed by atoms with van der Waals surface area (Å²) in [6.45, 7) is 0.00353. The van der Waals surface area contributed by atoms with Gasteiger partial charge in [-0.25, -0.2) is 4.79 Å². The summed E-state index contributed by atoms with van der Waals surface area (Å²) in [7, 11) is 0. The number of ether oxygens (including phenoxy) is 2. The van der Waals surface area contributed by atoms with Crippen LogP contribution in [0.4, 0.5) is 18.0 Å². The van der Waals surface area contributed by atoms with Crippen molar-refractivity contribution in [2.75, 3.05) is 6.54 Å². The molecule has 4 aliphatic rings. The van der Waals surface area contributed by atoms with Crippen molar-refractivity contribution >= 4 is 17.8 Å². The van der Waals surface area contributed by atoms with Crippen LogP contribution in [0.5, 0.6) is 0 Å². The quantitative estimate of drug-likeness (QED) is 0.649. The molecule has 10 heteroatoms. The fourth-order valence-electron chi connectivity index (χ4n) is 4.76. The van der Waals surface area contributed by atoms with Crippen LogP contribution in [0, 0.1) is 11.3 Å². The predicted molar refractivity (Wildman–Crippen MR) is 100 cm³/mol. The van der Waals surface area contributed by atoms with E-state index < -0.39 is 41.3 Å². The van der Waals surface area contributed by atoms with Gasteiger partial charge in [0.05, 0.1) is 12.6 Å². The van der Waals surface area contributed by atoms with E-state index in [4.69, 9.17) is 4.74 Å². The number of rotatable bonds is 8. The zero-order chi connectivity index (χ0) is 22.3. The minimum atomic E-state index is -4.70. The van der Waals surface area contributed by atoms with Crippen LogP contribution >= 0.6 is 0 Å². The van der Waals surface area contributed by atoms with Gasteiger partial charge in [0, 0.05) is 16.9 Å². The summed E-state index contributed by atoms with van der Waals surface area (Å²) in [4.78, 5) is 36.5. The summed E-state index contributed by atoms with van der Waals surface area (Å²) in [6, 6.07) is 9.28. The maximum atomic E-state index is 12.5. The number of hydrogen-bond donors (Lipinski definition) is 2. The third-order valence-corrected chi connectivity index (χ3v) is 6.39. The lowest BCUT2D eigenvalue weighted by Gasteiger charge is -2.69. The average Bonchev–Trinajstić information content (AvgIpc) is 2.62. The molecule has 0 atom stereocenters. The van der Waals surface area contributed by atoms with Crippen LogP contribution in [0.2, 0.25) is 0 Å². The van der Waals surface area contributed by atoms with Crippen molar-refractivity contribution in [2.45, 2.75) is 56.7 Å². The van der Waals surface area contributed by atoms with Gasteiger partial charge >= 0.3 is 12.5 Å². The number of alkyl carbamates (subject to hydrolysis) is 1. The molecule has 168 valence electrons. The Morgan fingerprint density at radius 3 is 2.32 bits per heavy atom. The third-order valence-electron chi connectivity index (χ3n) is 6.39. The molecule has 0 unspecified atom stereocenters. The van der Waals surface area contributed by atoms with Crippen LogP contribution in [0.25, 0.3) is 0 Å². The summed E-state index contributed by atoms with van der Waals surface area (Å²) in [6.07, 6.45) is -4.76. The van der Waals surface area contributed by atoms with Crippen LogP contribution in [-0.4, -0.2) is 42.3 Å². The highest BCUT2D eigenvalue weighted by molar-refractivity contribution is 5.94. The monoisotopic (exact) mass is 440 g/mol. The van der Waals surface area contributed by atoms with Crippen molar-refractivity contribution in [3.8, 4) is 0 Å². The topological polar surface area (TPSA) is 93.7 Å². The normalized spacial score (nSPS) is 30.8. The molecule has 2 amide bonds. The fourth-order valence-corrected chi connectivity index (χ4v) is 4.76. The lowest BCUT2D eigenvalue weighted by atomic mass is 9.38. The van der Waals surface area contributed by atoms with E-state index in [-0.39, 0.29) is 31.8 Å². The number of halogens is 3. The second-order valence-corrected chi connectivity index (χ2v) is 8.77. The first-order chi connectivity index (χ1) is 14.6. The molecule has 4 fully saturated rings. The van der Waals surface area contributed by atoms with Crippen molar-refractivity contribution < 1.29 is 37.0 Å². The van der Waals surface area contributed by atoms with Gasteiger partial charge in [-0.1, -0.05) is 30.3 Å². The maximum absolute atomic E-state index is 12.5. The zero-order valence-electron chi connectivity index (χ0n) is 16.7. The molecule has 5 rings (SSSR count). The molecular formula is C21H23F3N2O5. The van der Waals surface area contributed by atoms with Crippen LogP contribution < -0.4 is 10.6 Å².